The zero-order chi connectivity index (χ0) is 12.9. The van der Waals surface area contributed by atoms with Crippen molar-refractivity contribution in [1.29, 1.82) is 0 Å². The van der Waals surface area contributed by atoms with Gasteiger partial charge in [-0.25, -0.2) is 0 Å². The number of halogens is 1. The van der Waals surface area contributed by atoms with E-state index < -0.39 is 0 Å². The summed E-state index contributed by atoms with van der Waals surface area (Å²) in [7, 11) is 0. The SMILES string of the molecule is Cc1ccc(CNCC(Cl)CC(C)(C)C)cc1. The van der Waals surface area contributed by atoms with Crippen molar-refractivity contribution in [2.24, 2.45) is 5.41 Å². The third-order valence-electron chi connectivity index (χ3n) is 2.65. The Balaban J connectivity index is 2.26. The smallest absolute Gasteiger partial charge is 0.0465 e. The number of nitrogens with one attached hydrogen (secondary N) is 1. The molecule has 1 unspecified atom stereocenters. The average molecular weight is 254 g/mol. The molecule has 2 heteroatoms. The molecule has 1 atom stereocenters. The minimum absolute atomic E-state index is 0.209. The van der Waals surface area contributed by atoms with Crippen molar-refractivity contribution >= 4 is 11.6 Å². The Morgan fingerprint density at radius 3 is 2.29 bits per heavy atom. The summed E-state index contributed by atoms with van der Waals surface area (Å²) in [5.74, 6) is 0. The maximum absolute atomic E-state index is 6.29. The Kier molecular flexibility index (Phi) is 5.48. The summed E-state index contributed by atoms with van der Waals surface area (Å²) in [5, 5.41) is 3.62. The fourth-order valence-electron chi connectivity index (χ4n) is 1.82. The van der Waals surface area contributed by atoms with Crippen LogP contribution in [0.5, 0.6) is 0 Å². The summed E-state index contributed by atoms with van der Waals surface area (Å²) in [6.45, 7) is 10.5. The summed E-state index contributed by atoms with van der Waals surface area (Å²) in [5.41, 5.74) is 2.92. The molecule has 0 aliphatic rings. The summed E-state index contributed by atoms with van der Waals surface area (Å²) in [4.78, 5) is 0. The van der Waals surface area contributed by atoms with Gasteiger partial charge in [-0.3, -0.25) is 0 Å². The number of alkyl halides is 1. The fourth-order valence-corrected chi connectivity index (χ4v) is 2.39. The van der Waals surface area contributed by atoms with Crippen LogP contribution in [0, 0.1) is 12.3 Å². The largest absolute Gasteiger partial charge is 0.311 e. The Morgan fingerprint density at radius 1 is 1.18 bits per heavy atom. The van der Waals surface area contributed by atoms with Crippen LogP contribution in [0.2, 0.25) is 0 Å². The van der Waals surface area contributed by atoms with Crippen molar-refractivity contribution in [3.63, 3.8) is 0 Å². The molecule has 1 aromatic carbocycles. The normalized spacial score (nSPS) is 13.7. The molecule has 1 aromatic rings. The van der Waals surface area contributed by atoms with Crippen LogP contribution in [0.15, 0.2) is 24.3 Å². The molecule has 0 bridgehead atoms. The topological polar surface area (TPSA) is 12.0 Å². The van der Waals surface area contributed by atoms with E-state index in [0.29, 0.717) is 5.41 Å². The van der Waals surface area contributed by atoms with E-state index in [4.69, 9.17) is 11.6 Å². The molecule has 0 amide bonds. The Hall–Kier alpha value is -0.530. The van der Waals surface area contributed by atoms with Crippen LogP contribution in [0.3, 0.4) is 0 Å². The van der Waals surface area contributed by atoms with Crippen molar-refractivity contribution < 1.29 is 0 Å². The van der Waals surface area contributed by atoms with Crippen molar-refractivity contribution in [3.8, 4) is 0 Å². The van der Waals surface area contributed by atoms with Gasteiger partial charge in [-0.2, -0.15) is 0 Å². The second kappa shape index (κ2) is 6.42. The van der Waals surface area contributed by atoms with Crippen molar-refractivity contribution in [2.45, 2.75) is 46.0 Å². The third kappa shape index (κ3) is 6.70. The van der Waals surface area contributed by atoms with Crippen LogP contribution in [0.4, 0.5) is 0 Å². The Bertz CT molecular complexity index is 324. The van der Waals surface area contributed by atoms with E-state index in [-0.39, 0.29) is 5.38 Å². The summed E-state index contributed by atoms with van der Waals surface area (Å²) < 4.78 is 0. The Labute approximate surface area is 111 Å². The van der Waals surface area contributed by atoms with Gasteiger partial charge in [-0.1, -0.05) is 50.6 Å². The molecule has 0 spiro atoms. The molecular formula is C15H24ClN. The molecule has 17 heavy (non-hydrogen) atoms. The molecule has 0 radical (unpaired) electrons. The molecule has 1 N–H and O–H groups in total. The highest BCUT2D eigenvalue weighted by atomic mass is 35.5. The molecule has 0 aromatic heterocycles. The standard InChI is InChI=1S/C15H24ClN/c1-12-5-7-13(8-6-12)10-17-11-14(16)9-15(2,3)4/h5-8,14,17H,9-11H2,1-4H3. The second-order valence-corrected chi connectivity index (χ2v) is 6.60. The summed E-state index contributed by atoms with van der Waals surface area (Å²) in [6.07, 6.45) is 1.04. The van der Waals surface area contributed by atoms with Gasteiger partial charge in [-0.05, 0) is 24.3 Å². The van der Waals surface area contributed by atoms with E-state index in [2.05, 4.69) is 57.3 Å². The predicted molar refractivity (Wildman–Crippen MR) is 76.6 cm³/mol. The van der Waals surface area contributed by atoms with Gasteiger partial charge in [0.1, 0.15) is 0 Å². The van der Waals surface area contributed by atoms with Gasteiger partial charge >= 0.3 is 0 Å². The average Bonchev–Trinajstić information content (AvgIpc) is 2.18. The molecule has 0 aliphatic carbocycles. The molecule has 0 aliphatic heterocycles. The summed E-state index contributed by atoms with van der Waals surface area (Å²) in [6, 6.07) is 8.61. The lowest BCUT2D eigenvalue weighted by Crippen LogP contribution is -2.26. The van der Waals surface area contributed by atoms with E-state index in [1.807, 2.05) is 0 Å². The van der Waals surface area contributed by atoms with Crippen molar-refractivity contribution in [3.05, 3.63) is 35.4 Å². The van der Waals surface area contributed by atoms with E-state index in [1.165, 1.54) is 11.1 Å². The maximum Gasteiger partial charge on any atom is 0.0465 e. The lowest BCUT2D eigenvalue weighted by Gasteiger charge is -2.22. The van der Waals surface area contributed by atoms with E-state index in [0.717, 1.165) is 19.5 Å². The maximum atomic E-state index is 6.29. The molecule has 1 rings (SSSR count). The number of benzene rings is 1. The molecule has 0 saturated carbocycles. The molecular weight excluding hydrogens is 230 g/mol. The number of hydrogen-bond donors (Lipinski definition) is 1. The molecule has 0 saturated heterocycles. The lowest BCUT2D eigenvalue weighted by atomic mass is 9.90. The Morgan fingerprint density at radius 2 is 1.76 bits per heavy atom. The van der Waals surface area contributed by atoms with Gasteiger partial charge in [-0.15, -0.1) is 11.6 Å². The highest BCUT2D eigenvalue weighted by molar-refractivity contribution is 6.20. The van der Waals surface area contributed by atoms with Gasteiger partial charge < -0.3 is 5.32 Å². The van der Waals surface area contributed by atoms with Gasteiger partial charge in [0.15, 0.2) is 0 Å². The molecule has 0 fully saturated rings. The lowest BCUT2D eigenvalue weighted by molar-refractivity contribution is 0.364. The zero-order valence-corrected chi connectivity index (χ0v) is 12.1. The minimum Gasteiger partial charge on any atom is -0.311 e. The number of aryl methyl sites for hydroxylation is 1. The molecule has 1 nitrogen and oxygen atoms in total. The van der Waals surface area contributed by atoms with Crippen LogP contribution in [-0.4, -0.2) is 11.9 Å². The first kappa shape index (κ1) is 14.5. The third-order valence-corrected chi connectivity index (χ3v) is 2.96. The van der Waals surface area contributed by atoms with Crippen LogP contribution >= 0.6 is 11.6 Å². The van der Waals surface area contributed by atoms with E-state index in [1.54, 1.807) is 0 Å². The molecule has 96 valence electrons. The zero-order valence-electron chi connectivity index (χ0n) is 11.4. The van der Waals surface area contributed by atoms with Gasteiger partial charge in [0.2, 0.25) is 0 Å². The van der Waals surface area contributed by atoms with Gasteiger partial charge in [0.05, 0.1) is 0 Å². The van der Waals surface area contributed by atoms with E-state index in [9.17, 15) is 0 Å². The first-order valence-electron chi connectivity index (χ1n) is 6.27. The molecule has 0 heterocycles. The fraction of sp³-hybridized carbons (Fsp3) is 0.600. The predicted octanol–water partition coefficient (Wildman–Crippen LogP) is 4.13. The first-order valence-corrected chi connectivity index (χ1v) is 6.71. The van der Waals surface area contributed by atoms with E-state index >= 15 is 0 Å². The monoisotopic (exact) mass is 253 g/mol. The number of hydrogen-bond acceptors (Lipinski definition) is 1. The van der Waals surface area contributed by atoms with Crippen LogP contribution in [0.25, 0.3) is 0 Å². The first-order chi connectivity index (χ1) is 7.87. The quantitative estimate of drug-likeness (QED) is 0.779. The number of rotatable bonds is 5. The minimum atomic E-state index is 0.209. The van der Waals surface area contributed by atoms with Crippen LogP contribution in [0.1, 0.15) is 38.3 Å². The summed E-state index contributed by atoms with van der Waals surface area (Å²) >= 11 is 6.29. The van der Waals surface area contributed by atoms with Crippen molar-refractivity contribution in [2.75, 3.05) is 6.54 Å². The van der Waals surface area contributed by atoms with Crippen LogP contribution < -0.4 is 5.32 Å². The van der Waals surface area contributed by atoms with Gasteiger partial charge in [0, 0.05) is 18.5 Å². The van der Waals surface area contributed by atoms with Gasteiger partial charge in [0.25, 0.3) is 0 Å². The van der Waals surface area contributed by atoms with Crippen molar-refractivity contribution in [1.82, 2.24) is 5.32 Å². The second-order valence-electron chi connectivity index (χ2n) is 5.98. The highest BCUT2D eigenvalue weighted by Crippen LogP contribution is 2.23. The highest BCUT2D eigenvalue weighted by Gasteiger charge is 2.16. The van der Waals surface area contributed by atoms with Crippen LogP contribution in [-0.2, 0) is 6.54 Å².